The van der Waals surface area contributed by atoms with Gasteiger partial charge in [0.25, 0.3) is 11.3 Å². The van der Waals surface area contributed by atoms with E-state index in [2.05, 4.69) is 15.6 Å². The van der Waals surface area contributed by atoms with Gasteiger partial charge in [0.1, 0.15) is 5.82 Å². The Morgan fingerprint density at radius 3 is 2.65 bits per heavy atom. The first-order valence-electron chi connectivity index (χ1n) is 7.03. The van der Waals surface area contributed by atoms with Crippen molar-refractivity contribution in [2.75, 3.05) is 5.43 Å². The van der Waals surface area contributed by atoms with Gasteiger partial charge in [0.05, 0.1) is 16.6 Å². The zero-order valence-corrected chi connectivity index (χ0v) is 12.9. The maximum atomic E-state index is 12.9. The molecule has 7 heteroatoms. The summed E-state index contributed by atoms with van der Waals surface area (Å²) in [7, 11) is 0. The van der Waals surface area contributed by atoms with Crippen molar-refractivity contribution < 1.29 is 0 Å². The molecule has 23 heavy (non-hydrogen) atoms. The maximum Gasteiger partial charge on any atom is 0.281 e. The second kappa shape index (κ2) is 5.10. The Hall–Kier alpha value is -2.86. The summed E-state index contributed by atoms with van der Waals surface area (Å²) in [5, 5.41) is 9.22. The molecule has 0 amide bonds. The summed E-state index contributed by atoms with van der Waals surface area (Å²) in [5.74, 6) is 1.11. The van der Waals surface area contributed by atoms with Crippen molar-refractivity contribution in [1.82, 2.24) is 19.3 Å². The normalized spacial score (nSPS) is 11.2. The molecule has 0 radical (unpaired) electrons. The van der Waals surface area contributed by atoms with E-state index in [0.717, 1.165) is 11.2 Å². The Kier molecular flexibility index (Phi) is 3.06. The number of anilines is 1. The lowest BCUT2D eigenvalue weighted by Crippen LogP contribution is -2.29. The molecule has 4 aromatic rings. The third-order valence-electron chi connectivity index (χ3n) is 3.66. The second-order valence-electron chi connectivity index (χ2n) is 5.16. The average molecular weight is 326 g/mol. The number of aromatic nitrogens is 4. The minimum absolute atomic E-state index is 0.230. The van der Waals surface area contributed by atoms with Gasteiger partial charge in [0.15, 0.2) is 0 Å². The highest BCUT2D eigenvalue weighted by Gasteiger charge is 2.15. The van der Waals surface area contributed by atoms with E-state index in [1.165, 1.54) is 4.68 Å². The summed E-state index contributed by atoms with van der Waals surface area (Å²) in [6, 6.07) is 14.6. The van der Waals surface area contributed by atoms with Gasteiger partial charge in [0.2, 0.25) is 0 Å². The number of hydrogen-bond donors (Lipinski definition) is 1. The second-order valence-corrected chi connectivity index (χ2v) is 5.60. The molecule has 0 aliphatic rings. The van der Waals surface area contributed by atoms with Gasteiger partial charge >= 0.3 is 0 Å². The number of nitrogens with zero attached hydrogens (tertiary/aromatic N) is 4. The smallest absolute Gasteiger partial charge is 0.281 e. The highest BCUT2D eigenvalue weighted by atomic mass is 35.5. The number of nitrogens with one attached hydrogen (secondary N) is 1. The third kappa shape index (κ3) is 2.15. The summed E-state index contributed by atoms with van der Waals surface area (Å²) in [6.07, 6.45) is 0. The van der Waals surface area contributed by atoms with E-state index in [9.17, 15) is 4.79 Å². The molecule has 0 unspecified atom stereocenters. The summed E-state index contributed by atoms with van der Waals surface area (Å²) in [4.78, 5) is 12.9. The fraction of sp³-hybridized carbons (Fsp3) is 0.0625. The molecule has 0 aliphatic heterocycles. The molecule has 0 saturated heterocycles. The number of fused-ring (bicyclic) bond motifs is 3. The number of hydrogen-bond acceptors (Lipinski definition) is 4. The first-order chi connectivity index (χ1) is 11.1. The van der Waals surface area contributed by atoms with Crippen LogP contribution in [0.2, 0.25) is 5.02 Å². The van der Waals surface area contributed by atoms with Gasteiger partial charge in [-0.3, -0.25) is 14.6 Å². The van der Waals surface area contributed by atoms with Gasteiger partial charge in [-0.2, -0.15) is 4.68 Å². The predicted octanol–water partition coefficient (Wildman–Crippen LogP) is 2.88. The van der Waals surface area contributed by atoms with Crippen LogP contribution in [0.1, 0.15) is 5.82 Å². The van der Waals surface area contributed by atoms with E-state index in [4.69, 9.17) is 11.6 Å². The van der Waals surface area contributed by atoms with Crippen LogP contribution in [0.3, 0.4) is 0 Å². The Labute approximate surface area is 135 Å². The monoisotopic (exact) mass is 325 g/mol. The van der Waals surface area contributed by atoms with Crippen LogP contribution < -0.4 is 11.0 Å². The zero-order valence-electron chi connectivity index (χ0n) is 12.2. The minimum Gasteiger partial charge on any atom is -0.288 e. The highest BCUT2D eigenvalue weighted by molar-refractivity contribution is 6.31. The van der Waals surface area contributed by atoms with Gasteiger partial charge in [-0.1, -0.05) is 29.8 Å². The molecule has 114 valence electrons. The van der Waals surface area contributed by atoms with Crippen LogP contribution in [-0.2, 0) is 0 Å². The molecule has 1 N–H and O–H groups in total. The molecule has 0 spiro atoms. The standard InChI is InChI=1S/C16H12ClN5O/c1-10-18-19-16-21(10)14-8-7-11(17)9-13(14)15(23)22(16)20-12-5-3-2-4-6-12/h2-9,20H,1H3. The van der Waals surface area contributed by atoms with Crippen LogP contribution in [0, 0.1) is 6.92 Å². The Morgan fingerprint density at radius 2 is 1.87 bits per heavy atom. The summed E-state index contributed by atoms with van der Waals surface area (Å²) >= 11 is 6.06. The van der Waals surface area contributed by atoms with Gasteiger partial charge in [0, 0.05) is 5.02 Å². The van der Waals surface area contributed by atoms with Gasteiger partial charge in [-0.05, 0) is 37.3 Å². The highest BCUT2D eigenvalue weighted by Crippen LogP contribution is 2.19. The maximum absolute atomic E-state index is 12.9. The molecule has 2 aromatic heterocycles. The largest absolute Gasteiger partial charge is 0.288 e. The number of rotatable bonds is 2. The molecule has 0 saturated carbocycles. The van der Waals surface area contributed by atoms with Crippen molar-refractivity contribution in [2.24, 2.45) is 0 Å². The number of aryl methyl sites for hydroxylation is 1. The lowest BCUT2D eigenvalue weighted by Gasteiger charge is -2.12. The lowest BCUT2D eigenvalue weighted by molar-refractivity contribution is 0.892. The molecule has 4 rings (SSSR count). The van der Waals surface area contributed by atoms with Gasteiger partial charge in [-0.15, -0.1) is 10.2 Å². The molecule has 0 aliphatic carbocycles. The molecule has 0 atom stereocenters. The van der Waals surface area contributed by atoms with Crippen molar-refractivity contribution in [2.45, 2.75) is 6.92 Å². The number of para-hydroxylation sites is 1. The van der Waals surface area contributed by atoms with E-state index in [1.807, 2.05) is 41.7 Å². The minimum atomic E-state index is -0.230. The van der Waals surface area contributed by atoms with Crippen molar-refractivity contribution in [3.05, 3.63) is 69.7 Å². The van der Waals surface area contributed by atoms with E-state index in [-0.39, 0.29) is 5.56 Å². The molecule has 2 aromatic carbocycles. The van der Waals surface area contributed by atoms with E-state index in [1.54, 1.807) is 18.2 Å². The summed E-state index contributed by atoms with van der Waals surface area (Å²) < 4.78 is 3.21. The lowest BCUT2D eigenvalue weighted by atomic mass is 10.2. The van der Waals surface area contributed by atoms with Crippen LogP contribution in [0.4, 0.5) is 5.69 Å². The molecule has 0 bridgehead atoms. The van der Waals surface area contributed by atoms with Gasteiger partial charge < -0.3 is 0 Å². The van der Waals surface area contributed by atoms with E-state index >= 15 is 0 Å². The fourth-order valence-electron chi connectivity index (χ4n) is 2.61. The SMILES string of the molecule is Cc1nnc2n(Nc3ccccc3)c(=O)c3cc(Cl)ccc3n12. The number of halogens is 1. The summed E-state index contributed by atoms with van der Waals surface area (Å²) in [6.45, 7) is 1.84. The third-order valence-corrected chi connectivity index (χ3v) is 3.89. The van der Waals surface area contributed by atoms with Crippen LogP contribution in [0.25, 0.3) is 16.7 Å². The molecular formula is C16H12ClN5O. The molecular weight excluding hydrogens is 314 g/mol. The topological polar surface area (TPSA) is 64.2 Å². The predicted molar refractivity (Wildman–Crippen MR) is 90.0 cm³/mol. The van der Waals surface area contributed by atoms with Gasteiger partial charge in [-0.25, -0.2) is 0 Å². The Balaban J connectivity index is 2.09. The van der Waals surface area contributed by atoms with Crippen LogP contribution in [0.5, 0.6) is 0 Å². The van der Waals surface area contributed by atoms with E-state index in [0.29, 0.717) is 22.0 Å². The molecule has 6 nitrogen and oxygen atoms in total. The van der Waals surface area contributed by atoms with Crippen molar-refractivity contribution in [3.8, 4) is 0 Å². The average Bonchev–Trinajstić information content (AvgIpc) is 2.94. The van der Waals surface area contributed by atoms with Crippen molar-refractivity contribution >= 4 is 34.0 Å². The first-order valence-corrected chi connectivity index (χ1v) is 7.41. The fourth-order valence-corrected chi connectivity index (χ4v) is 2.78. The Morgan fingerprint density at radius 1 is 1.09 bits per heavy atom. The zero-order chi connectivity index (χ0) is 16.0. The van der Waals surface area contributed by atoms with Crippen LogP contribution in [0.15, 0.2) is 53.3 Å². The number of benzene rings is 2. The van der Waals surface area contributed by atoms with Crippen molar-refractivity contribution in [3.63, 3.8) is 0 Å². The van der Waals surface area contributed by atoms with E-state index < -0.39 is 0 Å². The molecule has 2 heterocycles. The summed E-state index contributed by atoms with van der Waals surface area (Å²) in [5.41, 5.74) is 4.35. The first kappa shape index (κ1) is 13.8. The Bertz CT molecular complexity index is 1080. The van der Waals surface area contributed by atoms with Crippen molar-refractivity contribution in [1.29, 1.82) is 0 Å². The van der Waals surface area contributed by atoms with Crippen LogP contribution >= 0.6 is 11.6 Å². The van der Waals surface area contributed by atoms with Crippen LogP contribution in [-0.4, -0.2) is 19.3 Å². The quantitative estimate of drug-likeness (QED) is 0.615. The molecule has 0 fully saturated rings.